The summed E-state index contributed by atoms with van der Waals surface area (Å²) in [5.74, 6) is 1.22. The van der Waals surface area contributed by atoms with E-state index in [1.165, 1.54) is 0 Å². The Kier molecular flexibility index (Phi) is 5.78. The summed E-state index contributed by atoms with van der Waals surface area (Å²) >= 11 is 0. The van der Waals surface area contributed by atoms with E-state index >= 15 is 0 Å². The van der Waals surface area contributed by atoms with Crippen molar-refractivity contribution in [2.24, 2.45) is 5.92 Å². The number of benzene rings is 1. The van der Waals surface area contributed by atoms with Gasteiger partial charge in [-0.15, -0.1) is 0 Å². The van der Waals surface area contributed by atoms with E-state index < -0.39 is 0 Å². The molecule has 0 aliphatic rings. The van der Waals surface area contributed by atoms with Gasteiger partial charge in [0.1, 0.15) is 5.76 Å². The molecule has 0 radical (unpaired) electrons. The Hall–Kier alpha value is -2.07. The highest BCUT2D eigenvalue weighted by Gasteiger charge is 2.19. The molecule has 0 aliphatic heterocycles. The number of hydrogen-bond acceptors (Lipinski definition) is 3. The molecule has 1 atom stereocenters. The molecule has 0 saturated carbocycles. The first-order chi connectivity index (χ1) is 10.6. The van der Waals surface area contributed by atoms with Gasteiger partial charge in [-0.05, 0) is 30.7 Å². The van der Waals surface area contributed by atoms with Crippen LogP contribution in [0.25, 0.3) is 0 Å². The number of likely N-dealkylation sites (N-methyl/N-ethyl adjacent to an activating group) is 1. The minimum absolute atomic E-state index is 0.0246. The van der Waals surface area contributed by atoms with Crippen LogP contribution in [0.3, 0.4) is 0 Å². The summed E-state index contributed by atoms with van der Waals surface area (Å²) in [4.78, 5) is 14.2. The van der Waals surface area contributed by atoms with Gasteiger partial charge in [-0.2, -0.15) is 0 Å². The van der Waals surface area contributed by atoms with Crippen molar-refractivity contribution >= 4 is 5.91 Å². The predicted molar refractivity (Wildman–Crippen MR) is 87.2 cm³/mol. The third-order valence-electron chi connectivity index (χ3n) is 3.56. The molecule has 118 valence electrons. The molecule has 0 fully saturated rings. The van der Waals surface area contributed by atoms with Crippen LogP contribution in [-0.4, -0.2) is 24.4 Å². The van der Waals surface area contributed by atoms with Crippen LogP contribution in [0, 0.1) is 5.92 Å². The molecule has 1 N–H and O–H groups in total. The third-order valence-corrected chi connectivity index (χ3v) is 3.56. The Morgan fingerprint density at radius 2 is 1.91 bits per heavy atom. The fourth-order valence-electron chi connectivity index (χ4n) is 2.48. The number of carbonyl (C=O) groups is 1. The van der Waals surface area contributed by atoms with E-state index in [2.05, 4.69) is 31.3 Å². The summed E-state index contributed by atoms with van der Waals surface area (Å²) in [7, 11) is 1.91. The van der Waals surface area contributed by atoms with E-state index in [0.717, 1.165) is 11.3 Å². The van der Waals surface area contributed by atoms with Crippen LogP contribution in [-0.2, 0) is 11.3 Å². The van der Waals surface area contributed by atoms with Crippen molar-refractivity contribution in [2.75, 3.05) is 13.6 Å². The summed E-state index contributed by atoms with van der Waals surface area (Å²) in [6.07, 6.45) is 1.65. The lowest BCUT2D eigenvalue weighted by atomic mass is 9.96. The Morgan fingerprint density at radius 1 is 1.18 bits per heavy atom. The van der Waals surface area contributed by atoms with Crippen molar-refractivity contribution in [3.63, 3.8) is 0 Å². The second-order valence-corrected chi connectivity index (χ2v) is 5.95. The van der Waals surface area contributed by atoms with Crippen molar-refractivity contribution in [1.82, 2.24) is 10.2 Å². The zero-order valence-corrected chi connectivity index (χ0v) is 13.5. The van der Waals surface area contributed by atoms with E-state index in [-0.39, 0.29) is 11.9 Å². The molecule has 1 aromatic heterocycles. The monoisotopic (exact) mass is 300 g/mol. The van der Waals surface area contributed by atoms with Crippen molar-refractivity contribution in [3.05, 3.63) is 60.1 Å². The molecule has 0 saturated heterocycles. The standard InChI is InChI=1S/C18H24N2O2/c1-14(2)18(15-8-5-4-6-9-15)19-17(21)13-20(3)12-16-10-7-11-22-16/h4-11,14,18H,12-13H2,1-3H3,(H,19,21)/t18-/m1/s1. The van der Waals surface area contributed by atoms with Crippen LogP contribution >= 0.6 is 0 Å². The first-order valence-corrected chi connectivity index (χ1v) is 7.61. The van der Waals surface area contributed by atoms with Gasteiger partial charge in [0.2, 0.25) is 5.91 Å². The molecule has 1 heterocycles. The van der Waals surface area contributed by atoms with Crippen LogP contribution in [0.2, 0.25) is 0 Å². The highest BCUT2D eigenvalue weighted by Crippen LogP contribution is 2.21. The van der Waals surface area contributed by atoms with Crippen molar-refractivity contribution < 1.29 is 9.21 Å². The number of hydrogen-bond donors (Lipinski definition) is 1. The van der Waals surface area contributed by atoms with E-state index in [0.29, 0.717) is 19.0 Å². The van der Waals surface area contributed by atoms with Crippen LogP contribution in [0.5, 0.6) is 0 Å². The average Bonchev–Trinajstić information content (AvgIpc) is 2.98. The van der Waals surface area contributed by atoms with Gasteiger partial charge >= 0.3 is 0 Å². The van der Waals surface area contributed by atoms with Gasteiger partial charge in [0.25, 0.3) is 0 Å². The van der Waals surface area contributed by atoms with Crippen LogP contribution in [0.1, 0.15) is 31.2 Å². The lowest BCUT2D eigenvalue weighted by Crippen LogP contribution is -2.38. The molecule has 0 unspecified atom stereocenters. The zero-order chi connectivity index (χ0) is 15.9. The summed E-state index contributed by atoms with van der Waals surface area (Å²) in [5.41, 5.74) is 1.14. The first-order valence-electron chi connectivity index (χ1n) is 7.61. The number of nitrogens with one attached hydrogen (secondary N) is 1. The zero-order valence-electron chi connectivity index (χ0n) is 13.5. The summed E-state index contributed by atoms with van der Waals surface area (Å²) in [6, 6.07) is 13.9. The normalized spacial score (nSPS) is 12.6. The quantitative estimate of drug-likeness (QED) is 0.854. The Bertz CT molecular complexity index is 564. The molecule has 4 nitrogen and oxygen atoms in total. The van der Waals surface area contributed by atoms with Gasteiger partial charge in [0, 0.05) is 0 Å². The first kappa shape index (κ1) is 16.3. The van der Waals surface area contributed by atoms with Crippen molar-refractivity contribution in [2.45, 2.75) is 26.4 Å². The van der Waals surface area contributed by atoms with Crippen molar-refractivity contribution in [3.8, 4) is 0 Å². The molecule has 0 spiro atoms. The second kappa shape index (κ2) is 7.80. The fourth-order valence-corrected chi connectivity index (χ4v) is 2.48. The van der Waals surface area contributed by atoms with Gasteiger partial charge in [-0.1, -0.05) is 44.2 Å². The minimum Gasteiger partial charge on any atom is -0.468 e. The number of amides is 1. The van der Waals surface area contributed by atoms with Gasteiger partial charge < -0.3 is 9.73 Å². The topological polar surface area (TPSA) is 45.5 Å². The Balaban J connectivity index is 1.91. The van der Waals surface area contributed by atoms with E-state index in [9.17, 15) is 4.79 Å². The number of nitrogens with zero attached hydrogens (tertiary/aromatic N) is 1. The second-order valence-electron chi connectivity index (χ2n) is 5.95. The van der Waals surface area contributed by atoms with E-state index in [4.69, 9.17) is 4.42 Å². The van der Waals surface area contributed by atoms with E-state index in [1.807, 2.05) is 42.3 Å². The molecule has 1 aromatic carbocycles. The van der Waals surface area contributed by atoms with Gasteiger partial charge in [0.05, 0.1) is 25.4 Å². The predicted octanol–water partition coefficient (Wildman–Crippen LogP) is 3.22. The SMILES string of the molecule is CC(C)[C@@H](NC(=O)CN(C)Cc1ccco1)c1ccccc1. The summed E-state index contributed by atoms with van der Waals surface area (Å²) in [6.45, 7) is 5.20. The average molecular weight is 300 g/mol. The molecular weight excluding hydrogens is 276 g/mol. The molecule has 0 aliphatic carbocycles. The number of furan rings is 1. The van der Waals surface area contributed by atoms with E-state index in [1.54, 1.807) is 6.26 Å². The maximum Gasteiger partial charge on any atom is 0.234 e. The molecule has 2 aromatic rings. The summed E-state index contributed by atoms with van der Waals surface area (Å²) < 4.78 is 5.30. The molecular formula is C18H24N2O2. The molecule has 1 amide bonds. The smallest absolute Gasteiger partial charge is 0.234 e. The van der Waals surface area contributed by atoms with Gasteiger partial charge in [-0.3, -0.25) is 9.69 Å². The molecule has 0 bridgehead atoms. The fraction of sp³-hybridized carbons (Fsp3) is 0.389. The largest absolute Gasteiger partial charge is 0.468 e. The summed E-state index contributed by atoms with van der Waals surface area (Å²) in [5, 5.41) is 3.13. The van der Waals surface area contributed by atoms with Crippen molar-refractivity contribution in [1.29, 1.82) is 0 Å². The third kappa shape index (κ3) is 4.74. The number of rotatable bonds is 7. The maximum atomic E-state index is 12.3. The Labute approximate surface area is 132 Å². The Morgan fingerprint density at radius 3 is 2.50 bits per heavy atom. The lowest BCUT2D eigenvalue weighted by molar-refractivity contribution is -0.123. The van der Waals surface area contributed by atoms with Crippen LogP contribution in [0.15, 0.2) is 53.1 Å². The number of carbonyl (C=O) groups excluding carboxylic acids is 1. The minimum atomic E-state index is 0.0246. The van der Waals surface area contributed by atoms with Gasteiger partial charge in [-0.25, -0.2) is 0 Å². The van der Waals surface area contributed by atoms with Gasteiger partial charge in [0.15, 0.2) is 0 Å². The molecule has 2 rings (SSSR count). The maximum absolute atomic E-state index is 12.3. The highest BCUT2D eigenvalue weighted by atomic mass is 16.3. The lowest BCUT2D eigenvalue weighted by Gasteiger charge is -2.24. The highest BCUT2D eigenvalue weighted by molar-refractivity contribution is 5.78. The molecule has 4 heteroatoms. The molecule has 22 heavy (non-hydrogen) atoms. The van der Waals surface area contributed by atoms with Crippen LogP contribution < -0.4 is 5.32 Å². The van der Waals surface area contributed by atoms with Crippen LogP contribution in [0.4, 0.5) is 0 Å².